The summed E-state index contributed by atoms with van der Waals surface area (Å²) in [5, 5.41) is 3.80. The fraction of sp³-hybridized carbons (Fsp3) is 0.273. The van der Waals surface area contributed by atoms with E-state index in [2.05, 4.69) is 15.1 Å². The summed E-state index contributed by atoms with van der Waals surface area (Å²) < 4.78 is 5.03. The first-order valence-corrected chi connectivity index (χ1v) is 5.24. The lowest BCUT2D eigenvalue weighted by molar-refractivity contribution is -0.118. The zero-order chi connectivity index (χ0) is 12.1. The van der Waals surface area contributed by atoms with Crippen molar-refractivity contribution in [3.8, 4) is 11.5 Å². The van der Waals surface area contributed by atoms with E-state index in [4.69, 9.17) is 10.3 Å². The van der Waals surface area contributed by atoms with E-state index in [1.807, 2.05) is 12.1 Å². The van der Waals surface area contributed by atoms with Crippen LogP contribution in [-0.2, 0) is 11.2 Å². The van der Waals surface area contributed by atoms with Gasteiger partial charge in [-0.15, -0.1) is 0 Å². The fourth-order valence-electron chi connectivity index (χ4n) is 1.36. The van der Waals surface area contributed by atoms with Crippen LogP contribution < -0.4 is 5.73 Å². The van der Waals surface area contributed by atoms with Gasteiger partial charge in [0, 0.05) is 19.0 Å². The molecule has 2 aromatic rings. The quantitative estimate of drug-likeness (QED) is 0.772. The largest absolute Gasteiger partial charge is 0.339 e. The minimum Gasteiger partial charge on any atom is -0.339 e. The van der Waals surface area contributed by atoms with Crippen molar-refractivity contribution in [2.45, 2.75) is 19.3 Å². The Morgan fingerprint density at radius 2 is 2.29 bits per heavy atom. The second-order valence-corrected chi connectivity index (χ2v) is 3.50. The summed E-state index contributed by atoms with van der Waals surface area (Å²) in [5.41, 5.74) is 7.42. The van der Waals surface area contributed by atoms with E-state index >= 15 is 0 Å². The molecule has 6 nitrogen and oxygen atoms in total. The van der Waals surface area contributed by atoms with Gasteiger partial charge in [-0.1, -0.05) is 11.2 Å². The van der Waals surface area contributed by atoms with Crippen molar-refractivity contribution < 1.29 is 9.32 Å². The number of hydrogen-bond donors (Lipinski definition) is 0. The second-order valence-electron chi connectivity index (χ2n) is 3.50. The van der Waals surface area contributed by atoms with Crippen molar-refractivity contribution in [3.05, 3.63) is 30.3 Å². The van der Waals surface area contributed by atoms with Crippen molar-refractivity contribution >= 4 is 5.91 Å². The van der Waals surface area contributed by atoms with Crippen molar-refractivity contribution in [3.63, 3.8) is 0 Å². The van der Waals surface area contributed by atoms with Crippen LogP contribution in [0.25, 0.3) is 11.5 Å². The molecule has 0 saturated carbocycles. The molecular weight excluding hydrogens is 220 g/mol. The molecule has 2 aromatic heterocycles. The highest BCUT2D eigenvalue weighted by Crippen LogP contribution is 2.12. The first-order valence-electron chi connectivity index (χ1n) is 5.24. The number of carbonyl (C=O) groups is 1. The van der Waals surface area contributed by atoms with Gasteiger partial charge in [-0.3, -0.25) is 15.5 Å². The molecule has 0 aliphatic rings. The van der Waals surface area contributed by atoms with Gasteiger partial charge in [-0.05, 0) is 18.6 Å². The van der Waals surface area contributed by atoms with Crippen LogP contribution in [0.1, 0.15) is 18.7 Å². The van der Waals surface area contributed by atoms with Crippen LogP contribution in [-0.4, -0.2) is 21.0 Å². The standard InChI is InChI=1S/C11H11N4O2/c12-9(16)5-3-6-10-14-11(15-17-10)8-4-1-2-7-13-8/h1-2,4,7,12H,3,5-6H2. The molecule has 0 saturated heterocycles. The number of aromatic nitrogens is 3. The molecule has 1 amide bonds. The molecule has 87 valence electrons. The molecule has 0 aromatic carbocycles. The van der Waals surface area contributed by atoms with Gasteiger partial charge >= 0.3 is 0 Å². The third kappa shape index (κ3) is 3.10. The van der Waals surface area contributed by atoms with Gasteiger partial charge in [0.25, 0.3) is 0 Å². The molecule has 0 atom stereocenters. The lowest BCUT2D eigenvalue weighted by atomic mass is 10.2. The Bertz CT molecular complexity index is 495. The van der Waals surface area contributed by atoms with Gasteiger partial charge in [-0.2, -0.15) is 4.98 Å². The predicted octanol–water partition coefficient (Wildman–Crippen LogP) is 1.26. The van der Waals surface area contributed by atoms with Crippen LogP contribution in [0.5, 0.6) is 0 Å². The summed E-state index contributed by atoms with van der Waals surface area (Å²) in [5.74, 6) is 0.333. The molecule has 0 fully saturated rings. The molecule has 0 aliphatic carbocycles. The molecule has 2 heterocycles. The van der Waals surface area contributed by atoms with E-state index in [0.29, 0.717) is 30.3 Å². The summed E-state index contributed by atoms with van der Waals surface area (Å²) in [6.45, 7) is 0. The van der Waals surface area contributed by atoms with E-state index in [-0.39, 0.29) is 6.42 Å². The zero-order valence-corrected chi connectivity index (χ0v) is 9.09. The van der Waals surface area contributed by atoms with E-state index in [1.54, 1.807) is 12.3 Å². The molecule has 1 radical (unpaired) electrons. The van der Waals surface area contributed by atoms with Crippen LogP contribution in [0, 0.1) is 0 Å². The fourth-order valence-corrected chi connectivity index (χ4v) is 1.36. The van der Waals surface area contributed by atoms with Crippen LogP contribution in [0.15, 0.2) is 28.9 Å². The van der Waals surface area contributed by atoms with E-state index in [9.17, 15) is 4.79 Å². The van der Waals surface area contributed by atoms with Crippen LogP contribution in [0.2, 0.25) is 0 Å². The van der Waals surface area contributed by atoms with Gasteiger partial charge in [0.2, 0.25) is 17.6 Å². The third-order valence-electron chi connectivity index (χ3n) is 2.16. The minimum absolute atomic E-state index is 0.210. The number of hydrogen-bond acceptors (Lipinski definition) is 5. The SMILES string of the molecule is [NH]C(=O)CCCc1nc(-c2ccccn2)no1. The normalized spacial score (nSPS) is 10.4. The number of pyridine rings is 1. The van der Waals surface area contributed by atoms with Crippen LogP contribution in [0.4, 0.5) is 0 Å². The first kappa shape index (κ1) is 11.3. The van der Waals surface area contributed by atoms with Gasteiger partial charge in [0.15, 0.2) is 0 Å². The Labute approximate surface area is 97.9 Å². The Hall–Kier alpha value is -2.24. The maximum atomic E-state index is 10.5. The monoisotopic (exact) mass is 231 g/mol. The van der Waals surface area contributed by atoms with Gasteiger partial charge in [-0.25, -0.2) is 0 Å². The van der Waals surface area contributed by atoms with Gasteiger partial charge in [0.1, 0.15) is 5.69 Å². The number of aryl methyl sites for hydroxylation is 1. The smallest absolute Gasteiger partial charge is 0.238 e. The second kappa shape index (κ2) is 5.20. The molecule has 17 heavy (non-hydrogen) atoms. The number of amides is 1. The molecule has 0 unspecified atom stereocenters. The minimum atomic E-state index is -0.575. The topological polar surface area (TPSA) is 92.7 Å². The Balaban J connectivity index is 1.99. The third-order valence-corrected chi connectivity index (χ3v) is 2.16. The first-order chi connectivity index (χ1) is 8.25. The molecular formula is C11H11N4O2. The molecule has 0 aliphatic heterocycles. The number of rotatable bonds is 5. The van der Waals surface area contributed by atoms with E-state index in [0.717, 1.165) is 0 Å². The van der Waals surface area contributed by atoms with Crippen molar-refractivity contribution in [1.82, 2.24) is 20.9 Å². The van der Waals surface area contributed by atoms with E-state index in [1.165, 1.54) is 0 Å². The average molecular weight is 231 g/mol. The lowest BCUT2D eigenvalue weighted by Crippen LogP contribution is -1.98. The number of nitrogens with zero attached hydrogens (tertiary/aromatic N) is 3. The van der Waals surface area contributed by atoms with Crippen molar-refractivity contribution in [2.24, 2.45) is 0 Å². The van der Waals surface area contributed by atoms with Crippen molar-refractivity contribution in [1.29, 1.82) is 0 Å². The lowest BCUT2D eigenvalue weighted by Gasteiger charge is -1.91. The van der Waals surface area contributed by atoms with Gasteiger partial charge < -0.3 is 4.52 Å². The van der Waals surface area contributed by atoms with E-state index < -0.39 is 5.91 Å². The van der Waals surface area contributed by atoms with Crippen molar-refractivity contribution in [2.75, 3.05) is 0 Å². The predicted molar refractivity (Wildman–Crippen MR) is 58.6 cm³/mol. The summed E-state index contributed by atoms with van der Waals surface area (Å²) >= 11 is 0. The Morgan fingerprint density at radius 3 is 3.00 bits per heavy atom. The molecule has 2 rings (SSSR count). The highest BCUT2D eigenvalue weighted by molar-refractivity contribution is 5.72. The van der Waals surface area contributed by atoms with Crippen LogP contribution >= 0.6 is 0 Å². The zero-order valence-electron chi connectivity index (χ0n) is 9.09. The summed E-state index contributed by atoms with van der Waals surface area (Å²) in [6.07, 6.45) is 2.92. The maximum absolute atomic E-state index is 10.5. The molecule has 6 heteroatoms. The van der Waals surface area contributed by atoms with Crippen LogP contribution in [0.3, 0.4) is 0 Å². The summed E-state index contributed by atoms with van der Waals surface area (Å²) in [6, 6.07) is 5.45. The summed E-state index contributed by atoms with van der Waals surface area (Å²) in [4.78, 5) is 18.7. The summed E-state index contributed by atoms with van der Waals surface area (Å²) in [7, 11) is 0. The molecule has 1 N–H and O–H groups in total. The van der Waals surface area contributed by atoms with Gasteiger partial charge in [0.05, 0.1) is 0 Å². The Morgan fingerprint density at radius 1 is 1.41 bits per heavy atom. The average Bonchev–Trinajstić information content (AvgIpc) is 2.78. The highest BCUT2D eigenvalue weighted by Gasteiger charge is 2.09. The number of carbonyl (C=O) groups excluding carboxylic acids is 1. The highest BCUT2D eigenvalue weighted by atomic mass is 16.5. The molecule has 0 spiro atoms. The maximum Gasteiger partial charge on any atom is 0.238 e. The number of nitrogens with one attached hydrogen (secondary N) is 1. The Kier molecular flexibility index (Phi) is 3.44. The molecule has 0 bridgehead atoms.